The fraction of sp³-hybridized carbons (Fsp3) is 0.318. The maximum atomic E-state index is 13.4. The van der Waals surface area contributed by atoms with E-state index in [0.29, 0.717) is 18.4 Å². The molecule has 0 bridgehead atoms. The first-order valence-corrected chi connectivity index (χ1v) is 10.8. The molecule has 0 N–H and O–H groups in total. The van der Waals surface area contributed by atoms with Gasteiger partial charge in [-0.25, -0.2) is 0 Å². The molecule has 7 heteroatoms. The lowest BCUT2D eigenvalue weighted by Gasteiger charge is -2.37. The molecule has 0 unspecified atom stereocenters. The van der Waals surface area contributed by atoms with E-state index < -0.39 is 0 Å². The Bertz CT molecular complexity index is 1030. The van der Waals surface area contributed by atoms with Crippen molar-refractivity contribution in [2.45, 2.75) is 37.0 Å². The fourth-order valence-electron chi connectivity index (χ4n) is 3.82. The van der Waals surface area contributed by atoms with Gasteiger partial charge in [0.25, 0.3) is 0 Å². The summed E-state index contributed by atoms with van der Waals surface area (Å²) in [6.45, 7) is 2.41. The predicted molar refractivity (Wildman–Crippen MR) is 112 cm³/mol. The maximum absolute atomic E-state index is 13.4. The lowest BCUT2D eigenvalue weighted by Crippen LogP contribution is -2.42. The van der Waals surface area contributed by atoms with Gasteiger partial charge in [-0.15, -0.1) is 10.2 Å². The number of carbonyl (C=O) groups is 1. The second-order valence-electron chi connectivity index (χ2n) is 7.39. The first-order valence-electron chi connectivity index (χ1n) is 9.85. The molecule has 1 fully saturated rings. The van der Waals surface area contributed by atoms with E-state index in [0.717, 1.165) is 40.8 Å². The first-order chi connectivity index (χ1) is 14.2. The number of ether oxygens (including phenoxy) is 1. The van der Waals surface area contributed by atoms with Gasteiger partial charge in [0.15, 0.2) is 5.16 Å². The summed E-state index contributed by atoms with van der Waals surface area (Å²) in [5.41, 5.74) is 1.88. The van der Waals surface area contributed by atoms with Gasteiger partial charge in [0.05, 0.1) is 17.5 Å². The van der Waals surface area contributed by atoms with Crippen molar-refractivity contribution in [2.24, 2.45) is 0 Å². The van der Waals surface area contributed by atoms with E-state index in [2.05, 4.69) is 14.8 Å². The van der Waals surface area contributed by atoms with Crippen molar-refractivity contribution in [3.8, 4) is 5.75 Å². The molecule has 2 heterocycles. The molecule has 2 aliphatic rings. The van der Waals surface area contributed by atoms with E-state index in [-0.39, 0.29) is 11.9 Å². The highest BCUT2D eigenvalue weighted by molar-refractivity contribution is 7.99. The molecule has 0 spiro atoms. The minimum atomic E-state index is -0.151. The monoisotopic (exact) mass is 406 g/mol. The zero-order valence-electron chi connectivity index (χ0n) is 16.2. The van der Waals surface area contributed by atoms with E-state index in [1.165, 1.54) is 11.8 Å². The molecule has 1 aliphatic carbocycles. The van der Waals surface area contributed by atoms with Gasteiger partial charge in [-0.1, -0.05) is 54.2 Å². The molecule has 1 aliphatic heterocycles. The number of thioether (sulfide) groups is 1. The summed E-state index contributed by atoms with van der Waals surface area (Å²) in [4.78, 5) is 15.3. The van der Waals surface area contributed by atoms with Crippen LogP contribution < -0.4 is 9.64 Å². The van der Waals surface area contributed by atoms with Crippen molar-refractivity contribution in [2.75, 3.05) is 17.3 Å². The van der Waals surface area contributed by atoms with E-state index in [4.69, 9.17) is 4.74 Å². The van der Waals surface area contributed by atoms with Gasteiger partial charge < -0.3 is 9.30 Å². The topological polar surface area (TPSA) is 60.3 Å². The van der Waals surface area contributed by atoms with Gasteiger partial charge in [0.1, 0.15) is 18.2 Å². The number of aromatic nitrogens is 3. The number of aryl methyl sites for hydroxylation is 1. The number of benzene rings is 2. The molecule has 2 aromatic carbocycles. The highest BCUT2D eigenvalue weighted by Crippen LogP contribution is 2.41. The van der Waals surface area contributed by atoms with Crippen LogP contribution in [0.25, 0.3) is 0 Å². The molecule has 1 atom stereocenters. The Morgan fingerprint density at radius 1 is 1.10 bits per heavy atom. The molecule has 29 heavy (non-hydrogen) atoms. The third-order valence-corrected chi connectivity index (χ3v) is 6.29. The Kier molecular flexibility index (Phi) is 4.75. The summed E-state index contributed by atoms with van der Waals surface area (Å²) in [7, 11) is 0. The van der Waals surface area contributed by atoms with Crippen molar-refractivity contribution in [3.05, 3.63) is 66.0 Å². The molecular formula is C22H22N4O2S. The summed E-state index contributed by atoms with van der Waals surface area (Å²) in [6.07, 6.45) is 2.32. The van der Waals surface area contributed by atoms with Gasteiger partial charge in [0, 0.05) is 6.04 Å². The molecule has 0 radical (unpaired) electrons. The number of hydrogen-bond donors (Lipinski definition) is 0. The summed E-state index contributed by atoms with van der Waals surface area (Å²) < 4.78 is 8.14. The van der Waals surface area contributed by atoms with Crippen molar-refractivity contribution in [1.29, 1.82) is 0 Å². The molecule has 5 rings (SSSR count). The van der Waals surface area contributed by atoms with Gasteiger partial charge in [-0.05, 0) is 37.5 Å². The highest BCUT2D eigenvalue weighted by atomic mass is 32.2. The second kappa shape index (κ2) is 7.55. The van der Waals surface area contributed by atoms with Crippen LogP contribution in [0.1, 0.15) is 36.3 Å². The molecular weight excluding hydrogens is 384 g/mol. The van der Waals surface area contributed by atoms with Crippen LogP contribution in [0.15, 0.2) is 59.8 Å². The van der Waals surface area contributed by atoms with Crippen LogP contribution in [0.5, 0.6) is 5.75 Å². The van der Waals surface area contributed by atoms with Gasteiger partial charge in [-0.3, -0.25) is 9.69 Å². The van der Waals surface area contributed by atoms with E-state index in [1.807, 2.05) is 66.4 Å². The van der Waals surface area contributed by atoms with Gasteiger partial charge in [-0.2, -0.15) is 0 Å². The molecule has 0 saturated heterocycles. The summed E-state index contributed by atoms with van der Waals surface area (Å²) in [5.74, 6) is 2.02. The number of para-hydroxylation sites is 2. The molecule has 1 saturated carbocycles. The van der Waals surface area contributed by atoms with Crippen molar-refractivity contribution in [3.63, 3.8) is 0 Å². The highest BCUT2D eigenvalue weighted by Gasteiger charge is 2.34. The van der Waals surface area contributed by atoms with E-state index in [9.17, 15) is 4.79 Å². The minimum absolute atomic E-state index is 0.0441. The SMILES string of the molecule is Cc1nnc(SCC(=O)N2c3ccccc3OC[C@@H]2c2ccccc2)n1C1CC1. The van der Waals surface area contributed by atoms with Crippen molar-refractivity contribution >= 4 is 23.4 Å². The molecule has 3 aromatic rings. The first kappa shape index (κ1) is 18.2. The third kappa shape index (κ3) is 3.51. The average molecular weight is 407 g/mol. The summed E-state index contributed by atoms with van der Waals surface area (Å²) in [6, 6.07) is 18.1. The Morgan fingerprint density at radius 2 is 1.86 bits per heavy atom. The van der Waals surface area contributed by atoms with Crippen LogP contribution in [0.4, 0.5) is 5.69 Å². The molecule has 148 valence electrons. The average Bonchev–Trinajstić information content (AvgIpc) is 3.53. The van der Waals surface area contributed by atoms with Crippen LogP contribution >= 0.6 is 11.8 Å². The zero-order valence-corrected chi connectivity index (χ0v) is 17.0. The third-order valence-electron chi connectivity index (χ3n) is 5.36. The van der Waals surface area contributed by atoms with Crippen LogP contribution in [0.3, 0.4) is 0 Å². The number of amides is 1. The summed E-state index contributed by atoms with van der Waals surface area (Å²) in [5, 5.41) is 9.34. The number of fused-ring (bicyclic) bond motifs is 1. The zero-order chi connectivity index (χ0) is 19.8. The minimum Gasteiger partial charge on any atom is -0.489 e. The van der Waals surface area contributed by atoms with Gasteiger partial charge in [0.2, 0.25) is 5.91 Å². The van der Waals surface area contributed by atoms with Crippen molar-refractivity contribution in [1.82, 2.24) is 14.8 Å². The van der Waals surface area contributed by atoms with Gasteiger partial charge >= 0.3 is 0 Å². The standard InChI is InChI=1S/C22H22N4O2S/c1-15-23-24-22(25(15)17-11-12-17)29-14-21(27)26-18-9-5-6-10-20(18)28-13-19(26)16-7-3-2-4-8-16/h2-10,17,19H,11-14H2,1H3/t19-/m1/s1. The number of carbonyl (C=O) groups excluding carboxylic acids is 1. The summed E-state index contributed by atoms with van der Waals surface area (Å²) >= 11 is 1.47. The molecule has 1 amide bonds. The number of nitrogens with zero attached hydrogens (tertiary/aromatic N) is 4. The van der Waals surface area contributed by atoms with E-state index in [1.54, 1.807) is 0 Å². The lowest BCUT2D eigenvalue weighted by molar-refractivity contribution is -0.117. The van der Waals surface area contributed by atoms with E-state index >= 15 is 0 Å². The molecule has 1 aromatic heterocycles. The smallest absolute Gasteiger partial charge is 0.238 e. The Balaban J connectivity index is 1.42. The van der Waals surface area contributed by atoms with Crippen LogP contribution in [0.2, 0.25) is 0 Å². The predicted octanol–water partition coefficient (Wildman–Crippen LogP) is 4.18. The quantitative estimate of drug-likeness (QED) is 0.595. The van der Waals surface area contributed by atoms with Crippen LogP contribution in [0, 0.1) is 6.92 Å². The number of rotatable bonds is 5. The number of anilines is 1. The lowest BCUT2D eigenvalue weighted by atomic mass is 10.0. The fourth-order valence-corrected chi connectivity index (χ4v) is 4.73. The van der Waals surface area contributed by atoms with Crippen LogP contribution in [-0.2, 0) is 4.79 Å². The maximum Gasteiger partial charge on any atom is 0.238 e. The Hall–Kier alpha value is -2.80. The Labute approximate surface area is 173 Å². The van der Waals surface area contributed by atoms with Crippen molar-refractivity contribution < 1.29 is 9.53 Å². The normalized spacial score (nSPS) is 18.2. The Morgan fingerprint density at radius 3 is 2.66 bits per heavy atom. The number of hydrogen-bond acceptors (Lipinski definition) is 5. The molecule has 6 nitrogen and oxygen atoms in total. The second-order valence-corrected chi connectivity index (χ2v) is 8.33. The largest absolute Gasteiger partial charge is 0.489 e. The van der Waals surface area contributed by atoms with Crippen LogP contribution in [-0.4, -0.2) is 33.0 Å².